The number of ether oxygens (including phenoxy) is 1. The van der Waals surface area contributed by atoms with E-state index in [1.807, 2.05) is 24.3 Å². The molecule has 0 saturated carbocycles. The van der Waals surface area contributed by atoms with Crippen LogP contribution in [0.3, 0.4) is 0 Å². The van der Waals surface area contributed by atoms with E-state index < -0.39 is 17.6 Å². The Hall–Kier alpha value is -2.61. The van der Waals surface area contributed by atoms with Gasteiger partial charge in [-0.1, -0.05) is 34.1 Å². The van der Waals surface area contributed by atoms with Crippen molar-refractivity contribution >= 4 is 33.5 Å². The molecule has 1 aliphatic heterocycles. The Labute approximate surface area is 146 Å². The van der Waals surface area contributed by atoms with E-state index >= 15 is 0 Å². The highest BCUT2D eigenvalue weighted by atomic mass is 79.9. The van der Waals surface area contributed by atoms with Crippen LogP contribution in [0.2, 0.25) is 0 Å². The van der Waals surface area contributed by atoms with Crippen molar-refractivity contribution in [2.45, 2.75) is 12.8 Å². The minimum Gasteiger partial charge on any atom is -0.466 e. The highest BCUT2D eigenvalue weighted by Gasteiger charge is 2.36. The molecule has 0 spiro atoms. The van der Waals surface area contributed by atoms with Crippen LogP contribution < -0.4 is 16.7 Å². The number of benzene rings is 1. The largest absolute Gasteiger partial charge is 0.466 e. The van der Waals surface area contributed by atoms with Crippen molar-refractivity contribution in [2.24, 2.45) is 0 Å². The molecule has 0 bridgehead atoms. The lowest BCUT2D eigenvalue weighted by atomic mass is 9.82. The minimum atomic E-state index is -0.557. The molecule has 1 aliphatic rings. The lowest BCUT2D eigenvalue weighted by molar-refractivity contribution is -0.136. The smallest absolute Gasteiger partial charge is 0.348 e. The van der Waals surface area contributed by atoms with Gasteiger partial charge in [-0.3, -0.25) is 4.98 Å². The molecule has 2 heterocycles. The molecule has 2 aromatic rings. The first-order valence-electron chi connectivity index (χ1n) is 7.14. The number of methoxy groups -OCH3 is 1. The number of H-pyrrole nitrogens is 1. The fraction of sp³-hybridized carbons (Fsp3) is 0.188. The Morgan fingerprint density at radius 2 is 2.08 bits per heavy atom. The van der Waals surface area contributed by atoms with Gasteiger partial charge in [0.15, 0.2) is 0 Å². The van der Waals surface area contributed by atoms with Crippen molar-refractivity contribution in [3.8, 4) is 0 Å². The summed E-state index contributed by atoms with van der Waals surface area (Å²) in [5.41, 5.74) is 7.82. The highest BCUT2D eigenvalue weighted by molar-refractivity contribution is 9.10. The number of fused-ring (bicyclic) bond motifs is 1. The topological polar surface area (TPSA) is 110 Å². The summed E-state index contributed by atoms with van der Waals surface area (Å²) in [7, 11) is 1.32. The first kappa shape index (κ1) is 16.3. The number of anilines is 2. The Morgan fingerprint density at radius 3 is 2.75 bits per heavy atom. The van der Waals surface area contributed by atoms with Gasteiger partial charge in [0.2, 0.25) is 0 Å². The van der Waals surface area contributed by atoms with Crippen molar-refractivity contribution in [1.82, 2.24) is 9.97 Å². The average Bonchev–Trinajstić information content (AvgIpc) is 2.53. The summed E-state index contributed by atoms with van der Waals surface area (Å²) in [6.45, 7) is 1.73. The normalized spacial score (nSPS) is 16.4. The molecule has 0 fully saturated rings. The van der Waals surface area contributed by atoms with E-state index in [9.17, 15) is 9.59 Å². The summed E-state index contributed by atoms with van der Waals surface area (Å²) in [5.74, 6) is -0.500. The number of allylic oxidation sites excluding steroid dienone is 1. The third-order valence-electron chi connectivity index (χ3n) is 3.91. The highest BCUT2D eigenvalue weighted by Crippen LogP contribution is 2.44. The Morgan fingerprint density at radius 1 is 1.38 bits per heavy atom. The molecule has 8 heteroatoms. The molecule has 0 aliphatic carbocycles. The summed E-state index contributed by atoms with van der Waals surface area (Å²) < 4.78 is 5.75. The minimum absolute atomic E-state index is 0.159. The number of hydrogen-bond acceptors (Lipinski definition) is 6. The monoisotopic (exact) mass is 390 g/mol. The molecule has 0 saturated heterocycles. The van der Waals surface area contributed by atoms with Gasteiger partial charge in [0, 0.05) is 15.7 Å². The molecule has 1 aromatic heterocycles. The maximum absolute atomic E-state index is 12.4. The molecule has 24 heavy (non-hydrogen) atoms. The van der Waals surface area contributed by atoms with Crippen LogP contribution in [0, 0.1) is 0 Å². The van der Waals surface area contributed by atoms with E-state index in [0.29, 0.717) is 22.7 Å². The van der Waals surface area contributed by atoms with Crippen LogP contribution in [0.15, 0.2) is 44.8 Å². The van der Waals surface area contributed by atoms with Crippen molar-refractivity contribution in [3.05, 3.63) is 61.6 Å². The summed E-state index contributed by atoms with van der Waals surface area (Å²) in [5, 5.41) is 2.98. The molecule has 4 N–H and O–H groups in total. The molecule has 0 amide bonds. The maximum Gasteiger partial charge on any atom is 0.348 e. The third-order valence-corrected chi connectivity index (χ3v) is 4.63. The molecule has 0 radical (unpaired) electrons. The number of esters is 1. The number of hydrogen-bond donors (Lipinski definition) is 3. The molecular weight excluding hydrogens is 376 g/mol. The standard InChI is InChI=1S/C16H15BrN4O3/c1-7-10(15(22)24-2)11(8-5-3-4-6-9(8)17)12-13(18)20-16(23)21-14(12)19-7/h3-6,11H,1-2H3,(H4,18,19,20,21,23). The van der Waals surface area contributed by atoms with E-state index in [1.54, 1.807) is 6.92 Å². The first-order valence-corrected chi connectivity index (χ1v) is 7.93. The lowest BCUT2D eigenvalue weighted by Gasteiger charge is -2.30. The third kappa shape index (κ3) is 2.58. The molecule has 7 nitrogen and oxygen atoms in total. The zero-order valence-electron chi connectivity index (χ0n) is 13.0. The molecular formula is C16H15BrN4O3. The van der Waals surface area contributed by atoms with Crippen LogP contribution in [0.25, 0.3) is 0 Å². The number of nitrogens with two attached hydrogens (primary N) is 1. The number of aromatic nitrogens is 2. The number of rotatable bonds is 2. The summed E-state index contributed by atoms with van der Waals surface area (Å²) >= 11 is 3.51. The second kappa shape index (κ2) is 6.12. The number of nitrogens with one attached hydrogen (secondary N) is 2. The number of carbonyl (C=O) groups is 1. The van der Waals surface area contributed by atoms with E-state index in [1.165, 1.54) is 7.11 Å². The number of nitrogens with zero attached hydrogens (tertiary/aromatic N) is 1. The first-order chi connectivity index (χ1) is 11.4. The average molecular weight is 391 g/mol. The molecule has 124 valence electrons. The SMILES string of the molecule is COC(=O)C1=C(C)Nc2nc(=O)[nH]c(N)c2C1c1ccccc1Br. The summed E-state index contributed by atoms with van der Waals surface area (Å²) in [6, 6.07) is 7.49. The fourth-order valence-corrected chi connectivity index (χ4v) is 3.41. The van der Waals surface area contributed by atoms with E-state index in [0.717, 1.165) is 10.0 Å². The Balaban J connectivity index is 2.35. The second-order valence-electron chi connectivity index (χ2n) is 5.33. The van der Waals surface area contributed by atoms with Gasteiger partial charge in [-0.05, 0) is 18.6 Å². The van der Waals surface area contributed by atoms with Crippen molar-refractivity contribution in [2.75, 3.05) is 18.2 Å². The summed E-state index contributed by atoms with van der Waals surface area (Å²) in [6.07, 6.45) is 0. The molecule has 1 unspecified atom stereocenters. The van der Waals surface area contributed by atoms with Gasteiger partial charge >= 0.3 is 11.7 Å². The number of carbonyl (C=O) groups excluding carboxylic acids is 1. The number of nitrogen functional groups attached to an aromatic ring is 1. The zero-order valence-corrected chi connectivity index (χ0v) is 14.6. The van der Waals surface area contributed by atoms with Gasteiger partial charge in [0.25, 0.3) is 0 Å². The Kier molecular flexibility index (Phi) is 4.15. The predicted octanol–water partition coefficient (Wildman–Crippen LogP) is 2.12. The quantitative estimate of drug-likeness (QED) is 0.677. The van der Waals surface area contributed by atoms with Crippen molar-refractivity contribution in [1.29, 1.82) is 0 Å². The zero-order chi connectivity index (χ0) is 17.4. The van der Waals surface area contributed by atoms with Crippen molar-refractivity contribution in [3.63, 3.8) is 0 Å². The van der Waals surface area contributed by atoms with Gasteiger partial charge in [0.05, 0.1) is 18.6 Å². The van der Waals surface area contributed by atoms with E-state index in [4.69, 9.17) is 10.5 Å². The number of halogens is 1. The lowest BCUT2D eigenvalue weighted by Crippen LogP contribution is -2.29. The number of aromatic amines is 1. The molecule has 1 atom stereocenters. The van der Waals surface area contributed by atoms with Crippen LogP contribution in [-0.4, -0.2) is 23.0 Å². The van der Waals surface area contributed by atoms with Crippen LogP contribution in [0.5, 0.6) is 0 Å². The van der Waals surface area contributed by atoms with Crippen LogP contribution in [-0.2, 0) is 9.53 Å². The predicted molar refractivity (Wildman–Crippen MR) is 93.6 cm³/mol. The maximum atomic E-state index is 12.4. The Bertz CT molecular complexity index is 920. The van der Waals surface area contributed by atoms with Gasteiger partial charge in [-0.25, -0.2) is 9.59 Å². The van der Waals surface area contributed by atoms with Crippen LogP contribution >= 0.6 is 15.9 Å². The molecule has 1 aromatic carbocycles. The van der Waals surface area contributed by atoms with Gasteiger partial charge in [0.1, 0.15) is 11.6 Å². The van der Waals surface area contributed by atoms with Crippen molar-refractivity contribution < 1.29 is 9.53 Å². The second-order valence-corrected chi connectivity index (χ2v) is 6.18. The van der Waals surface area contributed by atoms with Gasteiger partial charge < -0.3 is 15.8 Å². The van der Waals surface area contributed by atoms with E-state index in [-0.39, 0.29) is 5.82 Å². The molecule has 3 rings (SSSR count). The van der Waals surface area contributed by atoms with Gasteiger partial charge in [-0.15, -0.1) is 0 Å². The van der Waals surface area contributed by atoms with Gasteiger partial charge in [-0.2, -0.15) is 4.98 Å². The van der Waals surface area contributed by atoms with E-state index in [2.05, 4.69) is 31.2 Å². The van der Waals surface area contributed by atoms with Crippen LogP contribution in [0.4, 0.5) is 11.6 Å². The summed E-state index contributed by atoms with van der Waals surface area (Å²) in [4.78, 5) is 30.5. The van der Waals surface area contributed by atoms with Crippen LogP contribution in [0.1, 0.15) is 24.0 Å². The fourth-order valence-electron chi connectivity index (χ4n) is 2.89.